The highest BCUT2D eigenvalue weighted by atomic mass is 16.4. The lowest BCUT2D eigenvalue weighted by atomic mass is 10.0. The zero-order valence-electron chi connectivity index (χ0n) is 10.9. The van der Waals surface area contributed by atoms with E-state index in [1.807, 2.05) is 17.0 Å². The molecule has 0 aromatic heterocycles. The minimum Gasteiger partial charge on any atom is -0.481 e. The maximum Gasteiger partial charge on any atom is 0.305 e. The molecule has 1 heterocycles. The molecule has 6 heteroatoms. The molecule has 1 atom stereocenters. The Hall–Kier alpha value is -2.39. The highest BCUT2D eigenvalue weighted by Gasteiger charge is 2.31. The van der Waals surface area contributed by atoms with E-state index in [0.29, 0.717) is 25.2 Å². The van der Waals surface area contributed by atoms with Crippen LogP contribution in [0.4, 0.5) is 0 Å². The maximum absolute atomic E-state index is 11.8. The summed E-state index contributed by atoms with van der Waals surface area (Å²) in [6, 6.07) is 8.56. The molecule has 104 valence electrons. The molecule has 1 aromatic carbocycles. The normalized spacial score (nSPS) is 19.1. The molecular weight excluding hydrogens is 258 g/mol. The predicted octanol–water partition coefficient (Wildman–Crippen LogP) is 0.333. The Morgan fingerprint density at radius 2 is 2.25 bits per heavy atom. The number of benzene rings is 1. The lowest BCUT2D eigenvalue weighted by molar-refractivity contribution is -0.143. The van der Waals surface area contributed by atoms with E-state index in [1.165, 1.54) is 0 Å². The molecule has 0 saturated carbocycles. The van der Waals surface area contributed by atoms with Crippen LogP contribution in [0.2, 0.25) is 0 Å². The molecule has 2 N–H and O–H groups in total. The molecule has 0 radical (unpaired) electrons. The number of rotatable bonds is 4. The fraction of sp³-hybridized carbons (Fsp3) is 0.357. The molecule has 1 aliphatic heterocycles. The predicted molar refractivity (Wildman–Crippen MR) is 70.6 cm³/mol. The topological polar surface area (TPSA) is 93.4 Å². The van der Waals surface area contributed by atoms with E-state index < -0.39 is 12.0 Å². The van der Waals surface area contributed by atoms with E-state index in [9.17, 15) is 9.59 Å². The van der Waals surface area contributed by atoms with Gasteiger partial charge < -0.3 is 10.4 Å². The number of carbonyl (C=O) groups excluding carboxylic acids is 1. The summed E-state index contributed by atoms with van der Waals surface area (Å²) in [4.78, 5) is 24.5. The van der Waals surface area contributed by atoms with Crippen LogP contribution in [0.3, 0.4) is 0 Å². The van der Waals surface area contributed by atoms with Crippen LogP contribution >= 0.6 is 0 Å². The van der Waals surface area contributed by atoms with Crippen molar-refractivity contribution in [2.24, 2.45) is 0 Å². The lowest BCUT2D eigenvalue weighted by Crippen LogP contribution is -2.55. The Morgan fingerprint density at radius 3 is 2.95 bits per heavy atom. The molecule has 1 unspecified atom stereocenters. The number of carbonyl (C=O) groups is 2. The average Bonchev–Trinajstić information content (AvgIpc) is 2.43. The van der Waals surface area contributed by atoms with Gasteiger partial charge >= 0.3 is 5.97 Å². The van der Waals surface area contributed by atoms with Crippen LogP contribution in [0.25, 0.3) is 0 Å². The van der Waals surface area contributed by atoms with Crippen LogP contribution in [-0.2, 0) is 16.1 Å². The SMILES string of the molecule is N#Cc1ccccc1CN1CCNC(=O)C1CC(=O)O. The van der Waals surface area contributed by atoms with Crippen molar-refractivity contribution >= 4 is 11.9 Å². The van der Waals surface area contributed by atoms with Crippen molar-refractivity contribution in [2.75, 3.05) is 13.1 Å². The minimum absolute atomic E-state index is 0.236. The first-order valence-electron chi connectivity index (χ1n) is 6.33. The quantitative estimate of drug-likeness (QED) is 0.824. The summed E-state index contributed by atoms with van der Waals surface area (Å²) < 4.78 is 0. The van der Waals surface area contributed by atoms with E-state index in [-0.39, 0.29) is 12.3 Å². The van der Waals surface area contributed by atoms with E-state index in [2.05, 4.69) is 11.4 Å². The van der Waals surface area contributed by atoms with E-state index in [1.54, 1.807) is 12.1 Å². The Kier molecular flexibility index (Phi) is 4.33. The number of carboxylic acid groups (broad SMARTS) is 1. The molecule has 1 amide bonds. The van der Waals surface area contributed by atoms with Gasteiger partial charge in [-0.25, -0.2) is 0 Å². The first-order valence-corrected chi connectivity index (χ1v) is 6.33. The fourth-order valence-electron chi connectivity index (χ4n) is 2.32. The summed E-state index contributed by atoms with van der Waals surface area (Å²) in [5, 5.41) is 20.7. The maximum atomic E-state index is 11.8. The minimum atomic E-state index is -1.01. The number of carboxylic acids is 1. The number of nitrogens with zero attached hydrogens (tertiary/aromatic N) is 2. The number of aliphatic carboxylic acids is 1. The molecule has 1 aromatic rings. The number of amides is 1. The van der Waals surface area contributed by atoms with E-state index in [0.717, 1.165) is 5.56 Å². The fourth-order valence-corrected chi connectivity index (χ4v) is 2.32. The molecular formula is C14H15N3O3. The molecule has 0 bridgehead atoms. The Labute approximate surface area is 116 Å². The summed E-state index contributed by atoms with van der Waals surface area (Å²) in [5.41, 5.74) is 1.35. The molecule has 1 aliphatic rings. The summed E-state index contributed by atoms with van der Waals surface area (Å²) in [7, 11) is 0. The van der Waals surface area contributed by atoms with Crippen LogP contribution in [0.15, 0.2) is 24.3 Å². The standard InChI is InChI=1S/C14H15N3O3/c15-8-10-3-1-2-4-11(10)9-17-6-5-16-14(20)12(17)7-13(18)19/h1-4,12H,5-7,9H2,(H,16,20)(H,18,19). The molecule has 2 rings (SSSR count). The smallest absolute Gasteiger partial charge is 0.305 e. The van der Waals surface area contributed by atoms with Gasteiger partial charge in [-0.1, -0.05) is 18.2 Å². The molecule has 0 aliphatic carbocycles. The third-order valence-electron chi connectivity index (χ3n) is 3.32. The average molecular weight is 273 g/mol. The molecule has 1 fully saturated rings. The van der Waals surface area contributed by atoms with Crippen molar-refractivity contribution in [2.45, 2.75) is 19.0 Å². The van der Waals surface area contributed by atoms with Crippen LogP contribution in [0, 0.1) is 11.3 Å². The largest absolute Gasteiger partial charge is 0.481 e. The second-order valence-electron chi connectivity index (χ2n) is 4.64. The summed E-state index contributed by atoms with van der Waals surface area (Å²) in [6.07, 6.45) is -0.236. The lowest BCUT2D eigenvalue weighted by Gasteiger charge is -2.34. The van der Waals surface area contributed by atoms with E-state index in [4.69, 9.17) is 10.4 Å². The summed E-state index contributed by atoms with van der Waals surface area (Å²) >= 11 is 0. The zero-order chi connectivity index (χ0) is 14.5. The van der Waals surface area contributed by atoms with Crippen LogP contribution < -0.4 is 5.32 Å². The molecule has 1 saturated heterocycles. The van der Waals surface area contributed by atoms with Gasteiger partial charge in [0.05, 0.1) is 18.1 Å². The van der Waals surface area contributed by atoms with Crippen molar-refractivity contribution in [3.8, 4) is 6.07 Å². The van der Waals surface area contributed by atoms with Gasteiger partial charge in [0, 0.05) is 19.6 Å². The second-order valence-corrected chi connectivity index (χ2v) is 4.64. The van der Waals surface area contributed by atoms with Gasteiger partial charge in [-0.2, -0.15) is 5.26 Å². The van der Waals surface area contributed by atoms with Crippen LogP contribution in [0.1, 0.15) is 17.5 Å². The Morgan fingerprint density at radius 1 is 1.50 bits per heavy atom. The number of hydrogen-bond donors (Lipinski definition) is 2. The van der Waals surface area contributed by atoms with Gasteiger partial charge in [0.2, 0.25) is 5.91 Å². The van der Waals surface area contributed by atoms with Gasteiger partial charge in [-0.15, -0.1) is 0 Å². The first-order chi connectivity index (χ1) is 9.61. The highest BCUT2D eigenvalue weighted by molar-refractivity contribution is 5.86. The third kappa shape index (κ3) is 3.13. The van der Waals surface area contributed by atoms with Gasteiger partial charge in [0.25, 0.3) is 0 Å². The van der Waals surface area contributed by atoms with Gasteiger partial charge in [0.15, 0.2) is 0 Å². The number of nitrogens with one attached hydrogen (secondary N) is 1. The Bertz CT molecular complexity index is 565. The van der Waals surface area contributed by atoms with Crippen molar-refractivity contribution in [3.05, 3.63) is 35.4 Å². The summed E-state index contributed by atoms with van der Waals surface area (Å²) in [5.74, 6) is -1.28. The van der Waals surface area contributed by atoms with Crippen LogP contribution in [-0.4, -0.2) is 41.0 Å². The van der Waals surface area contributed by atoms with Crippen molar-refractivity contribution < 1.29 is 14.7 Å². The van der Waals surface area contributed by atoms with Gasteiger partial charge in [-0.05, 0) is 11.6 Å². The Balaban J connectivity index is 2.19. The monoisotopic (exact) mass is 273 g/mol. The van der Waals surface area contributed by atoms with Crippen molar-refractivity contribution in [1.29, 1.82) is 5.26 Å². The third-order valence-corrected chi connectivity index (χ3v) is 3.32. The first kappa shape index (κ1) is 14.0. The number of nitriles is 1. The van der Waals surface area contributed by atoms with Crippen molar-refractivity contribution in [3.63, 3.8) is 0 Å². The zero-order valence-corrected chi connectivity index (χ0v) is 10.9. The second kappa shape index (κ2) is 6.17. The molecule has 20 heavy (non-hydrogen) atoms. The molecule has 6 nitrogen and oxygen atoms in total. The highest BCUT2D eigenvalue weighted by Crippen LogP contribution is 2.16. The number of hydrogen-bond acceptors (Lipinski definition) is 4. The van der Waals surface area contributed by atoms with Gasteiger partial charge in [0.1, 0.15) is 6.04 Å². The molecule has 0 spiro atoms. The van der Waals surface area contributed by atoms with Gasteiger partial charge in [-0.3, -0.25) is 14.5 Å². The van der Waals surface area contributed by atoms with Crippen molar-refractivity contribution in [1.82, 2.24) is 10.2 Å². The van der Waals surface area contributed by atoms with Crippen LogP contribution in [0.5, 0.6) is 0 Å². The summed E-state index contributed by atoms with van der Waals surface area (Å²) in [6.45, 7) is 1.46. The number of piperazine rings is 1. The van der Waals surface area contributed by atoms with E-state index >= 15 is 0 Å².